The fraction of sp³-hybridized carbons (Fsp3) is 0.550. The summed E-state index contributed by atoms with van der Waals surface area (Å²) in [5.41, 5.74) is 1.56. The molecule has 1 heterocycles. The molecular weight excluding hydrogens is 384 g/mol. The molecule has 0 unspecified atom stereocenters. The summed E-state index contributed by atoms with van der Waals surface area (Å²) in [5.74, 6) is -0.273. The SMILES string of the molecule is O=C(NCC1=CCCCC1)c1ccc(Cl)c(S(=O)(=O)N2CCCCCC2)c1. The number of hydrogen-bond donors (Lipinski definition) is 1. The van der Waals surface area contributed by atoms with Crippen LogP contribution < -0.4 is 5.32 Å². The van der Waals surface area contributed by atoms with Gasteiger partial charge in [-0.25, -0.2) is 8.42 Å². The number of carbonyl (C=O) groups is 1. The second kappa shape index (κ2) is 9.22. The van der Waals surface area contributed by atoms with E-state index < -0.39 is 10.0 Å². The highest BCUT2D eigenvalue weighted by Crippen LogP contribution is 2.27. The first kappa shape index (κ1) is 20.4. The minimum atomic E-state index is -3.70. The van der Waals surface area contributed by atoms with Gasteiger partial charge in [0.05, 0.1) is 5.02 Å². The monoisotopic (exact) mass is 410 g/mol. The van der Waals surface area contributed by atoms with Crippen LogP contribution in [0.25, 0.3) is 0 Å². The van der Waals surface area contributed by atoms with Gasteiger partial charge in [0.25, 0.3) is 5.91 Å². The van der Waals surface area contributed by atoms with E-state index >= 15 is 0 Å². The first-order chi connectivity index (χ1) is 13.0. The number of rotatable bonds is 5. The summed E-state index contributed by atoms with van der Waals surface area (Å²) >= 11 is 6.20. The Balaban J connectivity index is 1.76. The van der Waals surface area contributed by atoms with E-state index in [1.807, 2.05) is 0 Å². The summed E-state index contributed by atoms with van der Waals surface area (Å²) in [6, 6.07) is 4.49. The van der Waals surface area contributed by atoms with Gasteiger partial charge in [-0.3, -0.25) is 4.79 Å². The topological polar surface area (TPSA) is 66.5 Å². The average molecular weight is 411 g/mol. The van der Waals surface area contributed by atoms with Crippen LogP contribution in [0.3, 0.4) is 0 Å². The average Bonchev–Trinajstić information content (AvgIpc) is 2.97. The standard InChI is InChI=1S/C20H27ClN2O3S/c21-18-11-10-17(20(24)22-15-16-8-4-3-5-9-16)14-19(18)27(25,26)23-12-6-1-2-7-13-23/h8,10-11,14H,1-7,9,12-13,15H2,(H,22,24). The predicted molar refractivity (Wildman–Crippen MR) is 108 cm³/mol. The molecule has 0 saturated carbocycles. The van der Waals surface area contributed by atoms with Gasteiger partial charge < -0.3 is 5.32 Å². The Labute approximate surface area is 166 Å². The van der Waals surface area contributed by atoms with Gasteiger partial charge in [0.15, 0.2) is 0 Å². The summed E-state index contributed by atoms with van der Waals surface area (Å²) in [4.78, 5) is 12.5. The molecule has 1 N–H and O–H groups in total. The zero-order valence-corrected chi connectivity index (χ0v) is 17.1. The molecular formula is C20H27ClN2O3S. The van der Waals surface area contributed by atoms with E-state index in [-0.39, 0.29) is 15.8 Å². The Morgan fingerprint density at radius 1 is 1.07 bits per heavy atom. The third-order valence-electron chi connectivity index (χ3n) is 5.24. The van der Waals surface area contributed by atoms with Gasteiger partial charge in [-0.1, -0.05) is 36.1 Å². The van der Waals surface area contributed by atoms with Gasteiger partial charge in [0, 0.05) is 25.2 Å². The van der Waals surface area contributed by atoms with Crippen molar-refractivity contribution in [3.05, 3.63) is 40.4 Å². The Bertz CT molecular complexity index is 813. The van der Waals surface area contributed by atoms with Crippen LogP contribution in [0.1, 0.15) is 61.7 Å². The summed E-state index contributed by atoms with van der Waals surface area (Å²) in [6.45, 7) is 1.52. The first-order valence-electron chi connectivity index (χ1n) is 9.74. The van der Waals surface area contributed by atoms with E-state index in [9.17, 15) is 13.2 Å². The van der Waals surface area contributed by atoms with Gasteiger partial charge in [-0.15, -0.1) is 0 Å². The van der Waals surface area contributed by atoms with Crippen molar-refractivity contribution in [1.82, 2.24) is 9.62 Å². The Kier molecular flexibility index (Phi) is 6.95. The molecule has 1 fully saturated rings. The molecule has 0 bridgehead atoms. The maximum atomic E-state index is 13.0. The maximum Gasteiger partial charge on any atom is 0.251 e. The molecule has 1 saturated heterocycles. The highest BCUT2D eigenvalue weighted by molar-refractivity contribution is 7.89. The van der Waals surface area contributed by atoms with E-state index in [1.54, 1.807) is 6.07 Å². The second-order valence-electron chi connectivity index (χ2n) is 7.25. The molecule has 1 aliphatic heterocycles. The summed E-state index contributed by atoms with van der Waals surface area (Å²) in [6.07, 6.45) is 10.4. The number of benzene rings is 1. The minimum absolute atomic E-state index is 0.0237. The molecule has 2 aliphatic rings. The van der Waals surface area contributed by atoms with Crippen molar-refractivity contribution in [3.8, 4) is 0 Å². The Hall–Kier alpha value is -1.37. The zero-order valence-electron chi connectivity index (χ0n) is 15.5. The number of nitrogens with one attached hydrogen (secondary N) is 1. The van der Waals surface area contributed by atoms with Crippen molar-refractivity contribution in [3.63, 3.8) is 0 Å². The van der Waals surface area contributed by atoms with Crippen molar-refractivity contribution < 1.29 is 13.2 Å². The second-order valence-corrected chi connectivity index (χ2v) is 9.57. The van der Waals surface area contributed by atoms with E-state index in [1.165, 1.54) is 28.4 Å². The summed E-state index contributed by atoms with van der Waals surface area (Å²) < 4.78 is 27.6. The smallest absolute Gasteiger partial charge is 0.251 e. The predicted octanol–water partition coefficient (Wildman–Crippen LogP) is 4.13. The maximum absolute atomic E-state index is 13.0. The first-order valence-corrected chi connectivity index (χ1v) is 11.6. The molecule has 1 aromatic rings. The van der Waals surface area contributed by atoms with Crippen LogP contribution in [0.5, 0.6) is 0 Å². The highest BCUT2D eigenvalue weighted by Gasteiger charge is 2.28. The lowest BCUT2D eigenvalue weighted by molar-refractivity contribution is 0.0956. The molecule has 1 aromatic carbocycles. The number of carbonyl (C=O) groups excluding carboxylic acids is 1. The molecule has 0 aromatic heterocycles. The molecule has 1 amide bonds. The normalized spacial score (nSPS) is 19.2. The van der Waals surface area contributed by atoms with Crippen LogP contribution in [0.15, 0.2) is 34.7 Å². The summed E-state index contributed by atoms with van der Waals surface area (Å²) in [7, 11) is -3.70. The van der Waals surface area contributed by atoms with Crippen molar-refractivity contribution in [2.45, 2.75) is 56.3 Å². The van der Waals surface area contributed by atoms with Crippen molar-refractivity contribution >= 4 is 27.5 Å². The largest absolute Gasteiger partial charge is 0.348 e. The van der Waals surface area contributed by atoms with Crippen molar-refractivity contribution in [1.29, 1.82) is 0 Å². The lowest BCUT2D eigenvalue weighted by atomic mass is 9.99. The molecule has 5 nitrogen and oxygen atoms in total. The van der Waals surface area contributed by atoms with Crippen LogP contribution in [0.2, 0.25) is 5.02 Å². The molecule has 27 heavy (non-hydrogen) atoms. The van der Waals surface area contributed by atoms with E-state index in [0.29, 0.717) is 25.2 Å². The Morgan fingerprint density at radius 2 is 1.81 bits per heavy atom. The van der Waals surface area contributed by atoms with Crippen molar-refractivity contribution in [2.75, 3.05) is 19.6 Å². The molecule has 0 spiro atoms. The minimum Gasteiger partial charge on any atom is -0.348 e. The van der Waals surface area contributed by atoms with Gasteiger partial charge in [-0.2, -0.15) is 4.31 Å². The van der Waals surface area contributed by atoms with Gasteiger partial charge in [0.2, 0.25) is 10.0 Å². The molecule has 7 heteroatoms. The fourth-order valence-electron chi connectivity index (χ4n) is 3.62. The third kappa shape index (κ3) is 5.12. The van der Waals surface area contributed by atoms with E-state index in [0.717, 1.165) is 44.9 Å². The lowest BCUT2D eigenvalue weighted by Gasteiger charge is -2.21. The van der Waals surface area contributed by atoms with E-state index in [2.05, 4.69) is 11.4 Å². The number of amides is 1. The third-order valence-corrected chi connectivity index (χ3v) is 7.62. The van der Waals surface area contributed by atoms with E-state index in [4.69, 9.17) is 11.6 Å². The van der Waals surface area contributed by atoms with Gasteiger partial charge in [-0.05, 0) is 56.7 Å². The highest BCUT2D eigenvalue weighted by atomic mass is 35.5. The number of allylic oxidation sites excluding steroid dienone is 1. The van der Waals surface area contributed by atoms with Gasteiger partial charge in [0.1, 0.15) is 4.90 Å². The molecule has 0 atom stereocenters. The molecule has 3 rings (SSSR count). The number of sulfonamides is 1. The van der Waals surface area contributed by atoms with Crippen LogP contribution in [-0.4, -0.2) is 38.3 Å². The fourth-order valence-corrected chi connectivity index (χ4v) is 5.64. The quantitative estimate of drug-likeness (QED) is 0.742. The van der Waals surface area contributed by atoms with Crippen LogP contribution >= 0.6 is 11.6 Å². The lowest BCUT2D eigenvalue weighted by Crippen LogP contribution is -2.32. The van der Waals surface area contributed by atoms with Crippen LogP contribution in [0.4, 0.5) is 0 Å². The Morgan fingerprint density at radius 3 is 2.48 bits per heavy atom. The van der Waals surface area contributed by atoms with Gasteiger partial charge >= 0.3 is 0 Å². The van der Waals surface area contributed by atoms with Crippen LogP contribution in [0, 0.1) is 0 Å². The zero-order chi connectivity index (χ0) is 19.3. The number of nitrogens with zero attached hydrogens (tertiary/aromatic N) is 1. The van der Waals surface area contributed by atoms with Crippen LogP contribution in [-0.2, 0) is 10.0 Å². The molecule has 148 valence electrons. The summed E-state index contributed by atoms with van der Waals surface area (Å²) in [5, 5.41) is 3.06. The number of halogens is 1. The molecule has 0 radical (unpaired) electrons. The van der Waals surface area contributed by atoms with Crippen molar-refractivity contribution in [2.24, 2.45) is 0 Å². The molecule has 1 aliphatic carbocycles. The number of hydrogen-bond acceptors (Lipinski definition) is 3.